The van der Waals surface area contributed by atoms with Crippen molar-refractivity contribution >= 4 is 33.3 Å². The van der Waals surface area contributed by atoms with Gasteiger partial charge >= 0.3 is 0 Å². The minimum Gasteiger partial charge on any atom is -0.388 e. The van der Waals surface area contributed by atoms with Gasteiger partial charge in [-0.3, -0.25) is 14.4 Å². The van der Waals surface area contributed by atoms with Crippen LogP contribution in [0.25, 0.3) is 0 Å². The van der Waals surface area contributed by atoms with Crippen LogP contribution in [-0.4, -0.2) is 44.6 Å². The van der Waals surface area contributed by atoms with Gasteiger partial charge in [0.25, 0.3) is 0 Å². The second kappa shape index (κ2) is 5.94. The Morgan fingerprint density at radius 2 is 2.04 bits per heavy atom. The largest absolute Gasteiger partial charge is 0.388 e. The standard InChI is InChI=1S/C21H25BrO5/c1-19-5-3-12(24)7-11(19)8-14(22)17-13-4-6-21(27,16(26)10-23)20(13,2)9-15(25)18(17)19/h3,5,7,13-14,17-18,23,27H,4,6,8-10H2,1-2H3/t13-,14?,17+,18-,19-,20-,21-/m0/s1. The molecule has 0 amide bonds. The first-order chi connectivity index (χ1) is 12.6. The number of hydrogen-bond donors (Lipinski definition) is 2. The molecule has 146 valence electrons. The van der Waals surface area contributed by atoms with Crippen molar-refractivity contribution in [2.45, 2.75) is 50.0 Å². The van der Waals surface area contributed by atoms with Crippen LogP contribution in [0.3, 0.4) is 0 Å². The molecule has 4 rings (SSSR count). The molecule has 0 radical (unpaired) electrons. The van der Waals surface area contributed by atoms with E-state index in [-0.39, 0.29) is 47.0 Å². The van der Waals surface area contributed by atoms with Gasteiger partial charge in [-0.25, -0.2) is 0 Å². The number of fused-ring (bicyclic) bond motifs is 5. The molecule has 3 saturated carbocycles. The normalized spacial score (nSPS) is 48.6. The fourth-order valence-corrected chi connectivity index (χ4v) is 7.56. The lowest BCUT2D eigenvalue weighted by Gasteiger charge is -2.58. The van der Waals surface area contributed by atoms with E-state index in [1.807, 2.05) is 19.9 Å². The summed E-state index contributed by atoms with van der Waals surface area (Å²) in [5.41, 5.74) is -2.05. The highest BCUT2D eigenvalue weighted by Gasteiger charge is 2.69. The molecule has 0 bridgehead atoms. The summed E-state index contributed by atoms with van der Waals surface area (Å²) < 4.78 is 0. The van der Waals surface area contributed by atoms with E-state index in [4.69, 9.17) is 0 Å². The van der Waals surface area contributed by atoms with Gasteiger partial charge in [-0.15, -0.1) is 0 Å². The maximum Gasteiger partial charge on any atom is 0.190 e. The number of carbonyl (C=O) groups excluding carboxylic acids is 3. The number of rotatable bonds is 2. The second-order valence-corrected chi connectivity index (χ2v) is 10.3. The Morgan fingerprint density at radius 1 is 1.33 bits per heavy atom. The number of aliphatic hydroxyl groups excluding tert-OH is 1. The number of alkyl halides is 1. The average molecular weight is 437 g/mol. The van der Waals surface area contributed by atoms with Crippen molar-refractivity contribution in [3.05, 3.63) is 23.8 Å². The molecule has 5 nitrogen and oxygen atoms in total. The minimum atomic E-state index is -1.66. The second-order valence-electron chi connectivity index (χ2n) is 9.11. The lowest BCUT2D eigenvalue weighted by molar-refractivity contribution is -0.168. The molecule has 27 heavy (non-hydrogen) atoms. The van der Waals surface area contributed by atoms with E-state index in [0.29, 0.717) is 12.8 Å². The maximum absolute atomic E-state index is 13.4. The lowest BCUT2D eigenvalue weighted by Crippen LogP contribution is -2.62. The third kappa shape index (κ3) is 2.33. The maximum atomic E-state index is 13.4. The molecule has 1 unspecified atom stereocenters. The Hall–Kier alpha value is -1.11. The molecule has 7 atom stereocenters. The van der Waals surface area contributed by atoms with E-state index in [9.17, 15) is 24.6 Å². The molecule has 0 saturated heterocycles. The van der Waals surface area contributed by atoms with Crippen LogP contribution in [0.15, 0.2) is 23.8 Å². The number of aliphatic hydroxyl groups is 2. The molecule has 0 aromatic heterocycles. The first-order valence-corrected chi connectivity index (χ1v) is 10.5. The molecule has 0 spiro atoms. The van der Waals surface area contributed by atoms with E-state index in [1.165, 1.54) is 0 Å². The zero-order valence-electron chi connectivity index (χ0n) is 15.6. The van der Waals surface area contributed by atoms with Crippen LogP contribution in [0.1, 0.15) is 39.5 Å². The van der Waals surface area contributed by atoms with Crippen LogP contribution >= 0.6 is 15.9 Å². The van der Waals surface area contributed by atoms with Crippen molar-refractivity contribution in [3.8, 4) is 0 Å². The van der Waals surface area contributed by atoms with Crippen LogP contribution in [0.5, 0.6) is 0 Å². The summed E-state index contributed by atoms with van der Waals surface area (Å²) in [4.78, 5) is 37.7. The summed E-state index contributed by atoms with van der Waals surface area (Å²) in [5.74, 6) is -0.920. The Bertz CT molecular complexity index is 800. The van der Waals surface area contributed by atoms with Gasteiger partial charge in [0, 0.05) is 28.0 Å². The van der Waals surface area contributed by atoms with Crippen molar-refractivity contribution in [3.63, 3.8) is 0 Å². The first-order valence-electron chi connectivity index (χ1n) is 9.56. The Morgan fingerprint density at radius 3 is 2.70 bits per heavy atom. The van der Waals surface area contributed by atoms with Crippen molar-refractivity contribution in [2.24, 2.45) is 28.6 Å². The summed E-state index contributed by atoms with van der Waals surface area (Å²) in [6.07, 6.45) is 6.79. The van der Waals surface area contributed by atoms with Gasteiger partial charge in [-0.1, -0.05) is 41.4 Å². The molecule has 0 aromatic carbocycles. The molecule has 4 aliphatic rings. The highest BCUT2D eigenvalue weighted by molar-refractivity contribution is 9.09. The Balaban J connectivity index is 1.81. The van der Waals surface area contributed by atoms with Crippen molar-refractivity contribution in [1.82, 2.24) is 0 Å². The molecular weight excluding hydrogens is 412 g/mol. The van der Waals surface area contributed by atoms with E-state index >= 15 is 0 Å². The third-order valence-electron chi connectivity index (χ3n) is 8.00. The zero-order valence-corrected chi connectivity index (χ0v) is 17.2. The van der Waals surface area contributed by atoms with Crippen LogP contribution in [-0.2, 0) is 14.4 Å². The number of halogens is 1. The molecule has 4 aliphatic carbocycles. The average Bonchev–Trinajstić information content (AvgIpc) is 2.87. The zero-order chi connectivity index (χ0) is 19.8. The van der Waals surface area contributed by atoms with Crippen LogP contribution < -0.4 is 0 Å². The molecular formula is C21H25BrO5. The topological polar surface area (TPSA) is 91.7 Å². The van der Waals surface area contributed by atoms with Gasteiger partial charge in [0.15, 0.2) is 11.6 Å². The number of Topliss-reactive ketones (excluding diaryl/α,β-unsaturated/α-hetero) is 2. The summed E-state index contributed by atoms with van der Waals surface area (Å²) >= 11 is 3.77. The predicted molar refractivity (Wildman–Crippen MR) is 102 cm³/mol. The third-order valence-corrected chi connectivity index (χ3v) is 8.94. The van der Waals surface area contributed by atoms with E-state index in [2.05, 4.69) is 15.9 Å². The van der Waals surface area contributed by atoms with Crippen LogP contribution in [0.4, 0.5) is 0 Å². The van der Waals surface area contributed by atoms with Gasteiger partial charge in [0.1, 0.15) is 18.0 Å². The highest BCUT2D eigenvalue weighted by atomic mass is 79.9. The fraction of sp³-hybridized carbons (Fsp3) is 0.667. The predicted octanol–water partition coefficient (Wildman–Crippen LogP) is 2.14. The SMILES string of the molecule is C[C@]12C=CC(=O)C=C1CC(Br)[C@@H]1[C@@H]2C(=O)C[C@@]2(C)[C@H]1CC[C@]2(O)C(=O)CO. The summed E-state index contributed by atoms with van der Waals surface area (Å²) in [6.45, 7) is 3.15. The van der Waals surface area contributed by atoms with Crippen LogP contribution in [0.2, 0.25) is 0 Å². The summed E-state index contributed by atoms with van der Waals surface area (Å²) in [5, 5.41) is 20.6. The molecule has 0 heterocycles. The lowest BCUT2D eigenvalue weighted by atomic mass is 9.46. The van der Waals surface area contributed by atoms with Crippen LogP contribution in [0, 0.1) is 28.6 Å². The van der Waals surface area contributed by atoms with Gasteiger partial charge in [-0.2, -0.15) is 0 Å². The fourth-order valence-electron chi connectivity index (χ4n) is 6.54. The summed E-state index contributed by atoms with van der Waals surface area (Å²) in [6, 6.07) is 0. The smallest absolute Gasteiger partial charge is 0.190 e. The number of ketones is 3. The molecule has 2 N–H and O–H groups in total. The van der Waals surface area contributed by atoms with Gasteiger partial charge in [-0.05, 0) is 43.3 Å². The van der Waals surface area contributed by atoms with Gasteiger partial charge in [0.2, 0.25) is 0 Å². The van der Waals surface area contributed by atoms with E-state index < -0.39 is 28.8 Å². The van der Waals surface area contributed by atoms with Gasteiger partial charge < -0.3 is 10.2 Å². The first kappa shape index (κ1) is 19.2. The van der Waals surface area contributed by atoms with E-state index in [1.54, 1.807) is 12.2 Å². The number of hydrogen-bond acceptors (Lipinski definition) is 5. The monoisotopic (exact) mass is 436 g/mol. The minimum absolute atomic E-state index is 0.00118. The number of allylic oxidation sites excluding steroid dienone is 4. The molecule has 0 aliphatic heterocycles. The quantitative estimate of drug-likeness (QED) is 0.646. The van der Waals surface area contributed by atoms with Crippen molar-refractivity contribution in [2.75, 3.05) is 6.61 Å². The van der Waals surface area contributed by atoms with E-state index in [0.717, 1.165) is 5.57 Å². The summed E-state index contributed by atoms with van der Waals surface area (Å²) in [7, 11) is 0. The Labute approximate surface area is 167 Å². The molecule has 0 aromatic rings. The highest BCUT2D eigenvalue weighted by Crippen LogP contribution is 2.66. The van der Waals surface area contributed by atoms with Gasteiger partial charge in [0.05, 0.1) is 0 Å². The van der Waals surface area contributed by atoms with Crippen molar-refractivity contribution in [1.29, 1.82) is 0 Å². The molecule has 3 fully saturated rings. The Kier molecular flexibility index (Phi) is 4.23. The number of carbonyl (C=O) groups is 3. The molecule has 6 heteroatoms. The van der Waals surface area contributed by atoms with Crippen molar-refractivity contribution < 1.29 is 24.6 Å².